The summed E-state index contributed by atoms with van der Waals surface area (Å²) in [6.07, 6.45) is 18.9. The molecule has 0 heterocycles. The van der Waals surface area contributed by atoms with Gasteiger partial charge in [-0.1, -0.05) is 76.8 Å². The van der Waals surface area contributed by atoms with Crippen molar-refractivity contribution in [2.24, 2.45) is 0 Å². The lowest BCUT2D eigenvalue weighted by molar-refractivity contribution is 0.486. The summed E-state index contributed by atoms with van der Waals surface area (Å²) < 4.78 is 0. The van der Waals surface area contributed by atoms with Crippen molar-refractivity contribution in [1.29, 1.82) is 0 Å². The number of fused-ring (bicyclic) bond motifs is 1. The number of hydrogen-bond donors (Lipinski definition) is 0. The fraction of sp³-hybridized carbons (Fsp3) is 0.619. The summed E-state index contributed by atoms with van der Waals surface area (Å²) in [5.74, 6) is 0. The Hall–Kier alpha value is -0.610. The summed E-state index contributed by atoms with van der Waals surface area (Å²) in [7, 11) is 0.117. The first-order valence-corrected chi connectivity index (χ1v) is 11.0. The number of allylic oxidation sites excluding steroid dienone is 1. The minimum Gasteiger partial charge on any atom is -0.0730 e. The van der Waals surface area contributed by atoms with Crippen molar-refractivity contribution in [2.75, 3.05) is 0 Å². The smallest absolute Gasteiger partial charge is 0.00150 e. The monoisotopic (exact) mass is 312 g/mol. The van der Waals surface area contributed by atoms with Gasteiger partial charge in [-0.05, 0) is 59.9 Å². The summed E-state index contributed by atoms with van der Waals surface area (Å²) in [4.78, 5) is 0. The van der Waals surface area contributed by atoms with Crippen LogP contribution in [0.3, 0.4) is 0 Å². The Balaban J connectivity index is 1.60. The summed E-state index contributed by atoms with van der Waals surface area (Å²) in [6.45, 7) is 0. The van der Waals surface area contributed by atoms with Crippen molar-refractivity contribution in [3.63, 3.8) is 0 Å². The summed E-state index contributed by atoms with van der Waals surface area (Å²) in [6, 6.07) is 9.12. The van der Waals surface area contributed by atoms with Gasteiger partial charge in [0.25, 0.3) is 0 Å². The van der Waals surface area contributed by atoms with Crippen LogP contribution in [-0.2, 0) is 6.42 Å². The van der Waals surface area contributed by atoms with Gasteiger partial charge < -0.3 is 0 Å². The van der Waals surface area contributed by atoms with Crippen molar-refractivity contribution in [2.45, 2.75) is 81.9 Å². The molecule has 0 saturated heterocycles. The molecule has 1 heteroatoms. The van der Waals surface area contributed by atoms with Crippen molar-refractivity contribution >= 4 is 14.0 Å². The second-order valence-electron chi connectivity index (χ2n) is 7.50. The average Bonchev–Trinajstić information content (AvgIpc) is 3.00. The van der Waals surface area contributed by atoms with Crippen molar-refractivity contribution < 1.29 is 0 Å². The summed E-state index contributed by atoms with van der Waals surface area (Å²) in [5.41, 5.74) is 5.22. The maximum atomic E-state index is 2.60. The standard InChI is InChI=1S/C21H29P/c1-3-11-19(12-4-1)22(20-13-5-2-6-14-20)21-15-17-9-7-8-10-18(17)16-21/h7-10,15,19-20H,1-6,11-14,16H2. The third kappa shape index (κ3) is 3.05. The van der Waals surface area contributed by atoms with Crippen LogP contribution in [0.15, 0.2) is 29.6 Å². The van der Waals surface area contributed by atoms with Crippen LogP contribution in [0.5, 0.6) is 0 Å². The maximum absolute atomic E-state index is 2.60. The van der Waals surface area contributed by atoms with Crippen LogP contribution >= 0.6 is 7.92 Å². The van der Waals surface area contributed by atoms with E-state index in [4.69, 9.17) is 0 Å². The molecular formula is C21H29P. The van der Waals surface area contributed by atoms with E-state index in [2.05, 4.69) is 30.3 Å². The van der Waals surface area contributed by atoms with Crippen molar-refractivity contribution in [3.05, 3.63) is 40.7 Å². The third-order valence-electron chi connectivity index (χ3n) is 6.02. The van der Waals surface area contributed by atoms with Crippen LogP contribution in [0, 0.1) is 0 Å². The molecule has 118 valence electrons. The lowest BCUT2D eigenvalue weighted by Gasteiger charge is -2.39. The number of hydrogen-bond acceptors (Lipinski definition) is 0. The van der Waals surface area contributed by atoms with Crippen molar-refractivity contribution in [3.8, 4) is 0 Å². The Labute approximate surface area is 137 Å². The zero-order valence-electron chi connectivity index (χ0n) is 13.8. The van der Waals surface area contributed by atoms with Gasteiger partial charge in [0, 0.05) is 0 Å². The summed E-state index contributed by atoms with van der Waals surface area (Å²) in [5, 5.41) is 1.86. The first-order valence-electron chi connectivity index (χ1n) is 9.48. The van der Waals surface area contributed by atoms with Crippen LogP contribution in [0.2, 0.25) is 0 Å². The highest BCUT2D eigenvalue weighted by Gasteiger charge is 2.34. The second-order valence-corrected chi connectivity index (χ2v) is 10.4. The molecule has 2 saturated carbocycles. The zero-order valence-corrected chi connectivity index (χ0v) is 14.7. The van der Waals surface area contributed by atoms with E-state index in [-0.39, 0.29) is 7.92 Å². The van der Waals surface area contributed by atoms with Gasteiger partial charge in [-0.3, -0.25) is 0 Å². The average molecular weight is 312 g/mol. The molecule has 0 aliphatic heterocycles. The molecule has 22 heavy (non-hydrogen) atoms. The molecule has 3 aliphatic carbocycles. The lowest BCUT2D eigenvalue weighted by Crippen LogP contribution is -2.21. The highest BCUT2D eigenvalue weighted by Crippen LogP contribution is 2.63. The van der Waals surface area contributed by atoms with Crippen LogP contribution in [0.25, 0.3) is 6.08 Å². The van der Waals surface area contributed by atoms with Gasteiger partial charge in [-0.2, -0.15) is 0 Å². The van der Waals surface area contributed by atoms with E-state index in [1.54, 1.807) is 5.56 Å². The molecule has 0 atom stereocenters. The molecular weight excluding hydrogens is 283 g/mol. The largest absolute Gasteiger partial charge is 0.0730 e. The minimum atomic E-state index is 0.117. The lowest BCUT2D eigenvalue weighted by atomic mass is 9.99. The predicted octanol–water partition coefficient (Wildman–Crippen LogP) is 6.73. The second kappa shape index (κ2) is 6.88. The Morgan fingerprint density at radius 3 is 1.91 bits per heavy atom. The van der Waals surface area contributed by atoms with E-state index in [9.17, 15) is 0 Å². The molecule has 0 nitrogen and oxygen atoms in total. The van der Waals surface area contributed by atoms with Gasteiger partial charge in [0.15, 0.2) is 0 Å². The molecule has 1 aromatic rings. The van der Waals surface area contributed by atoms with Crippen LogP contribution in [0.1, 0.15) is 75.3 Å². The molecule has 0 unspecified atom stereocenters. The molecule has 3 aliphatic rings. The summed E-state index contributed by atoms with van der Waals surface area (Å²) >= 11 is 0. The first kappa shape index (κ1) is 14.9. The van der Waals surface area contributed by atoms with E-state index in [1.807, 2.05) is 5.31 Å². The van der Waals surface area contributed by atoms with E-state index >= 15 is 0 Å². The Morgan fingerprint density at radius 2 is 1.32 bits per heavy atom. The highest BCUT2D eigenvalue weighted by atomic mass is 31.1. The van der Waals surface area contributed by atoms with Gasteiger partial charge in [0.05, 0.1) is 0 Å². The Bertz CT molecular complexity index is 515. The van der Waals surface area contributed by atoms with Crippen LogP contribution < -0.4 is 0 Å². The van der Waals surface area contributed by atoms with Crippen molar-refractivity contribution in [1.82, 2.24) is 0 Å². The van der Waals surface area contributed by atoms with Gasteiger partial charge in [-0.25, -0.2) is 0 Å². The SMILES string of the molecule is C1=C(P(C2CCCCC2)C2CCCCC2)Cc2ccccc21. The van der Waals surface area contributed by atoms with Gasteiger partial charge in [0.1, 0.15) is 0 Å². The fourth-order valence-electron chi connectivity index (χ4n) is 4.91. The minimum absolute atomic E-state index is 0.117. The molecule has 2 fully saturated rings. The molecule has 1 aromatic carbocycles. The van der Waals surface area contributed by atoms with E-state index < -0.39 is 0 Å². The van der Waals surface area contributed by atoms with Gasteiger partial charge >= 0.3 is 0 Å². The maximum Gasteiger partial charge on any atom is -0.00150 e. The Kier molecular flexibility index (Phi) is 4.67. The molecule has 0 bridgehead atoms. The fourth-order valence-corrected chi connectivity index (χ4v) is 8.93. The number of rotatable bonds is 3. The third-order valence-corrected chi connectivity index (χ3v) is 9.57. The predicted molar refractivity (Wildman–Crippen MR) is 98.8 cm³/mol. The highest BCUT2D eigenvalue weighted by molar-refractivity contribution is 7.63. The first-order chi connectivity index (χ1) is 10.9. The topological polar surface area (TPSA) is 0 Å². The van der Waals surface area contributed by atoms with Crippen LogP contribution in [-0.4, -0.2) is 11.3 Å². The Morgan fingerprint density at radius 1 is 0.727 bits per heavy atom. The van der Waals surface area contributed by atoms with E-state index in [1.165, 1.54) is 76.2 Å². The quantitative estimate of drug-likeness (QED) is 0.543. The van der Waals surface area contributed by atoms with Crippen LogP contribution in [0.4, 0.5) is 0 Å². The van der Waals surface area contributed by atoms with E-state index in [0.717, 1.165) is 11.3 Å². The van der Waals surface area contributed by atoms with Gasteiger partial charge in [-0.15, -0.1) is 0 Å². The molecule has 0 aromatic heterocycles. The van der Waals surface area contributed by atoms with E-state index in [0.29, 0.717) is 0 Å². The zero-order chi connectivity index (χ0) is 14.8. The molecule has 0 radical (unpaired) electrons. The number of benzene rings is 1. The molecule has 0 amide bonds. The molecule has 4 rings (SSSR count). The van der Waals surface area contributed by atoms with Gasteiger partial charge in [0.2, 0.25) is 0 Å². The molecule has 0 spiro atoms. The molecule has 0 N–H and O–H groups in total. The normalized spacial score (nSPS) is 23.6.